The van der Waals surface area contributed by atoms with Gasteiger partial charge in [-0.1, -0.05) is 6.08 Å². The molecule has 2 N–H and O–H groups in total. The summed E-state index contributed by atoms with van der Waals surface area (Å²) in [4.78, 5) is 17.3. The molecule has 0 rings (SSSR count). The third-order valence-electron chi connectivity index (χ3n) is 2.60. The first kappa shape index (κ1) is 19.4. The molecule has 0 aliphatic heterocycles. The maximum atomic E-state index is 11.5. The fourth-order valence-corrected chi connectivity index (χ4v) is 1.38. The van der Waals surface area contributed by atoms with E-state index in [0.29, 0.717) is 12.5 Å². The number of unbranched alkanes of at least 4 members (excludes halogenated alkanes) is 1. The Morgan fingerprint density at radius 2 is 2.05 bits per heavy atom. The van der Waals surface area contributed by atoms with Crippen LogP contribution in [-0.4, -0.2) is 63.2 Å². The summed E-state index contributed by atoms with van der Waals surface area (Å²) in [7, 11) is 3.44. The largest absolute Gasteiger partial charge is 0.379 e. The van der Waals surface area contributed by atoms with E-state index in [9.17, 15) is 4.79 Å². The molecule has 21 heavy (non-hydrogen) atoms. The van der Waals surface area contributed by atoms with Crippen molar-refractivity contribution >= 4 is 11.9 Å². The van der Waals surface area contributed by atoms with E-state index in [4.69, 9.17) is 4.74 Å². The molecule has 0 radical (unpaired) electrons. The smallest absolute Gasteiger partial charge is 0.243 e. The van der Waals surface area contributed by atoms with Gasteiger partial charge in [-0.3, -0.25) is 4.79 Å². The number of hydrogen-bond donors (Lipinski definition) is 2. The Morgan fingerprint density at radius 3 is 2.62 bits per heavy atom. The normalized spacial score (nSPS) is 11.4. The van der Waals surface area contributed by atoms with Crippen LogP contribution in [0.3, 0.4) is 0 Å². The number of carbonyl (C=O) groups is 1. The molecule has 0 aliphatic rings. The van der Waals surface area contributed by atoms with Crippen LogP contribution in [0.5, 0.6) is 0 Å². The molecule has 0 saturated carbocycles. The van der Waals surface area contributed by atoms with E-state index >= 15 is 0 Å². The first-order valence-electron chi connectivity index (χ1n) is 7.42. The van der Waals surface area contributed by atoms with E-state index in [0.717, 1.165) is 26.0 Å². The molecule has 0 aliphatic carbocycles. The number of guanidine groups is 1. The van der Waals surface area contributed by atoms with E-state index in [1.54, 1.807) is 20.2 Å². The standard InChI is InChI=1S/C15H30N4O2/c1-6-9-16-15(18-12-14(20)19(4)5)17-10-7-8-11-21-13(2)3/h6,13H,1,7-12H2,2-5H3,(H2,16,17,18). The van der Waals surface area contributed by atoms with E-state index < -0.39 is 0 Å². The van der Waals surface area contributed by atoms with E-state index in [2.05, 4.69) is 22.2 Å². The second-order valence-corrected chi connectivity index (χ2v) is 5.18. The molecule has 0 unspecified atom stereocenters. The fourth-order valence-electron chi connectivity index (χ4n) is 1.38. The average Bonchev–Trinajstić information content (AvgIpc) is 2.43. The van der Waals surface area contributed by atoms with Crippen molar-refractivity contribution in [3.63, 3.8) is 0 Å². The number of amides is 1. The highest BCUT2D eigenvalue weighted by Crippen LogP contribution is 1.93. The number of aliphatic imine (C=N–C) groups is 1. The van der Waals surface area contributed by atoms with Gasteiger partial charge in [0, 0.05) is 33.8 Å². The van der Waals surface area contributed by atoms with Crippen molar-refractivity contribution in [3.8, 4) is 0 Å². The van der Waals surface area contributed by atoms with Crippen LogP contribution in [0.1, 0.15) is 26.7 Å². The highest BCUT2D eigenvalue weighted by Gasteiger charge is 2.03. The van der Waals surface area contributed by atoms with Gasteiger partial charge in [0.05, 0.1) is 6.10 Å². The van der Waals surface area contributed by atoms with Crippen LogP contribution in [0, 0.1) is 0 Å². The summed E-state index contributed by atoms with van der Waals surface area (Å²) in [6, 6.07) is 0. The zero-order valence-corrected chi connectivity index (χ0v) is 13.8. The minimum absolute atomic E-state index is 0.0277. The lowest BCUT2D eigenvalue weighted by molar-refractivity contribution is -0.127. The Bertz CT molecular complexity index is 328. The Hall–Kier alpha value is -1.56. The molecule has 0 aromatic heterocycles. The van der Waals surface area contributed by atoms with Gasteiger partial charge in [0.2, 0.25) is 5.91 Å². The first-order chi connectivity index (χ1) is 9.97. The minimum atomic E-state index is -0.0277. The molecular weight excluding hydrogens is 268 g/mol. The molecule has 0 aromatic rings. The molecular formula is C15H30N4O2. The lowest BCUT2D eigenvalue weighted by atomic mass is 10.3. The van der Waals surface area contributed by atoms with Gasteiger partial charge in [-0.2, -0.15) is 0 Å². The van der Waals surface area contributed by atoms with Crippen molar-refractivity contribution in [2.24, 2.45) is 4.99 Å². The molecule has 0 aromatic carbocycles. The number of ether oxygens (including phenoxy) is 1. The van der Waals surface area contributed by atoms with Crippen LogP contribution in [0.2, 0.25) is 0 Å². The Morgan fingerprint density at radius 1 is 1.33 bits per heavy atom. The molecule has 0 spiro atoms. The molecule has 122 valence electrons. The summed E-state index contributed by atoms with van der Waals surface area (Å²) in [6.45, 7) is 10.0. The maximum absolute atomic E-state index is 11.5. The highest BCUT2D eigenvalue weighted by atomic mass is 16.5. The molecule has 0 fully saturated rings. The van der Waals surface area contributed by atoms with Crippen molar-refractivity contribution in [2.45, 2.75) is 32.8 Å². The molecule has 0 saturated heterocycles. The molecule has 6 heteroatoms. The number of hydrogen-bond acceptors (Lipinski definition) is 3. The monoisotopic (exact) mass is 298 g/mol. The van der Waals surface area contributed by atoms with Gasteiger partial charge in [-0.05, 0) is 26.7 Å². The highest BCUT2D eigenvalue weighted by molar-refractivity contribution is 5.84. The zero-order chi connectivity index (χ0) is 16.1. The topological polar surface area (TPSA) is 66.0 Å². The average molecular weight is 298 g/mol. The Kier molecular flexibility index (Phi) is 11.3. The fraction of sp³-hybridized carbons (Fsp3) is 0.733. The molecule has 6 nitrogen and oxygen atoms in total. The third kappa shape index (κ3) is 11.9. The number of nitrogens with one attached hydrogen (secondary N) is 2. The van der Waals surface area contributed by atoms with Crippen LogP contribution in [0.15, 0.2) is 17.6 Å². The van der Waals surface area contributed by atoms with Crippen molar-refractivity contribution < 1.29 is 9.53 Å². The van der Waals surface area contributed by atoms with Gasteiger partial charge in [-0.15, -0.1) is 6.58 Å². The number of carbonyl (C=O) groups excluding carboxylic acids is 1. The summed E-state index contributed by atoms with van der Waals surface area (Å²) >= 11 is 0. The van der Waals surface area contributed by atoms with Gasteiger partial charge in [0.1, 0.15) is 6.54 Å². The first-order valence-corrected chi connectivity index (χ1v) is 7.42. The van der Waals surface area contributed by atoms with Gasteiger partial charge in [0.25, 0.3) is 0 Å². The van der Waals surface area contributed by atoms with Gasteiger partial charge in [-0.25, -0.2) is 4.99 Å². The molecule has 0 bridgehead atoms. The van der Waals surface area contributed by atoms with E-state index in [-0.39, 0.29) is 18.6 Å². The predicted molar refractivity (Wildman–Crippen MR) is 87.5 cm³/mol. The number of likely N-dealkylation sites (N-methyl/N-ethyl adjacent to an activating group) is 1. The summed E-state index contributed by atoms with van der Waals surface area (Å²) < 4.78 is 5.48. The van der Waals surface area contributed by atoms with Crippen LogP contribution in [0.25, 0.3) is 0 Å². The van der Waals surface area contributed by atoms with Crippen LogP contribution >= 0.6 is 0 Å². The zero-order valence-electron chi connectivity index (χ0n) is 13.8. The maximum Gasteiger partial charge on any atom is 0.243 e. The lowest BCUT2D eigenvalue weighted by Crippen LogP contribution is -2.39. The molecule has 0 atom stereocenters. The van der Waals surface area contributed by atoms with E-state index in [1.807, 2.05) is 13.8 Å². The van der Waals surface area contributed by atoms with Crippen LogP contribution < -0.4 is 10.6 Å². The quantitative estimate of drug-likeness (QED) is 0.273. The van der Waals surface area contributed by atoms with Crippen molar-refractivity contribution in [1.29, 1.82) is 0 Å². The minimum Gasteiger partial charge on any atom is -0.379 e. The Balaban J connectivity index is 4.03. The van der Waals surface area contributed by atoms with Crippen molar-refractivity contribution in [2.75, 3.05) is 40.3 Å². The molecule has 1 amide bonds. The molecule has 0 heterocycles. The SMILES string of the molecule is C=CCNC(=NCC(=O)N(C)C)NCCCCOC(C)C. The van der Waals surface area contributed by atoms with Gasteiger partial charge < -0.3 is 20.3 Å². The third-order valence-corrected chi connectivity index (χ3v) is 2.60. The van der Waals surface area contributed by atoms with Crippen LogP contribution in [-0.2, 0) is 9.53 Å². The second-order valence-electron chi connectivity index (χ2n) is 5.18. The van der Waals surface area contributed by atoms with Crippen molar-refractivity contribution in [3.05, 3.63) is 12.7 Å². The summed E-state index contributed by atoms with van der Waals surface area (Å²) in [6.07, 6.45) is 4.02. The second kappa shape index (κ2) is 12.2. The van der Waals surface area contributed by atoms with Gasteiger partial charge >= 0.3 is 0 Å². The van der Waals surface area contributed by atoms with Crippen molar-refractivity contribution in [1.82, 2.24) is 15.5 Å². The van der Waals surface area contributed by atoms with Crippen LogP contribution in [0.4, 0.5) is 0 Å². The number of nitrogens with zero attached hydrogens (tertiary/aromatic N) is 2. The Labute approximate surface area is 128 Å². The number of rotatable bonds is 10. The summed E-state index contributed by atoms with van der Waals surface area (Å²) in [5.41, 5.74) is 0. The van der Waals surface area contributed by atoms with E-state index in [1.165, 1.54) is 4.90 Å². The lowest BCUT2D eigenvalue weighted by Gasteiger charge is -2.13. The predicted octanol–water partition coefficient (Wildman–Crippen LogP) is 1.00. The summed E-state index contributed by atoms with van der Waals surface area (Å²) in [5.74, 6) is 0.606. The van der Waals surface area contributed by atoms with Gasteiger partial charge in [0.15, 0.2) is 5.96 Å². The summed E-state index contributed by atoms with van der Waals surface area (Å²) in [5, 5.41) is 6.29.